The second kappa shape index (κ2) is 6.35. The molecule has 0 aromatic rings. The van der Waals surface area contributed by atoms with Gasteiger partial charge in [-0.3, -0.25) is 0 Å². The fourth-order valence-electron chi connectivity index (χ4n) is 1.66. The topological polar surface area (TPSA) is 38.5 Å². The van der Waals surface area contributed by atoms with Gasteiger partial charge < -0.3 is 15.4 Å². The minimum Gasteiger partial charge on any atom is -0.379 e. The van der Waals surface area contributed by atoms with Crippen molar-refractivity contribution in [3.8, 4) is 0 Å². The number of nitrogens with two attached hydrogens (primary N) is 1. The third-order valence-electron chi connectivity index (χ3n) is 2.69. The summed E-state index contributed by atoms with van der Waals surface area (Å²) in [5.74, 6) is 0.918. The summed E-state index contributed by atoms with van der Waals surface area (Å²) in [6.45, 7) is 8.07. The lowest BCUT2D eigenvalue weighted by Crippen LogP contribution is -2.35. The first-order chi connectivity index (χ1) is 6.33. The summed E-state index contributed by atoms with van der Waals surface area (Å²) in [7, 11) is 0. The van der Waals surface area contributed by atoms with Crippen molar-refractivity contribution >= 4 is 0 Å². The van der Waals surface area contributed by atoms with Crippen molar-refractivity contribution < 1.29 is 4.74 Å². The number of rotatable bonds is 5. The Bertz CT molecular complexity index is 122. The molecule has 13 heavy (non-hydrogen) atoms. The Morgan fingerprint density at radius 2 is 2.00 bits per heavy atom. The van der Waals surface area contributed by atoms with Crippen molar-refractivity contribution in [2.45, 2.75) is 19.8 Å². The van der Waals surface area contributed by atoms with Gasteiger partial charge in [0.15, 0.2) is 0 Å². The number of ether oxygens (including phenoxy) is 1. The minimum absolute atomic E-state index is 0.636. The van der Waals surface area contributed by atoms with Crippen LogP contribution in [0.15, 0.2) is 0 Å². The summed E-state index contributed by atoms with van der Waals surface area (Å²) < 4.78 is 5.35. The van der Waals surface area contributed by atoms with Crippen LogP contribution in [-0.2, 0) is 4.74 Å². The molecular weight excluding hydrogens is 164 g/mol. The van der Waals surface area contributed by atoms with E-state index in [1.54, 1.807) is 0 Å². The summed E-state index contributed by atoms with van der Waals surface area (Å²) in [6, 6.07) is 0. The second-order valence-electron chi connectivity index (χ2n) is 3.93. The van der Waals surface area contributed by atoms with Gasteiger partial charge in [0.1, 0.15) is 0 Å². The number of hydrogen-bond acceptors (Lipinski definition) is 3. The van der Waals surface area contributed by atoms with Gasteiger partial charge in [-0.05, 0) is 31.8 Å². The Kier molecular flexibility index (Phi) is 5.35. The van der Waals surface area contributed by atoms with Gasteiger partial charge in [0, 0.05) is 13.1 Å². The van der Waals surface area contributed by atoms with Gasteiger partial charge in [-0.25, -0.2) is 0 Å². The molecule has 2 N–H and O–H groups in total. The van der Waals surface area contributed by atoms with E-state index in [-0.39, 0.29) is 0 Å². The molecule has 0 aromatic carbocycles. The first kappa shape index (κ1) is 11.0. The molecule has 78 valence electrons. The molecule has 0 bridgehead atoms. The molecule has 0 unspecified atom stereocenters. The summed E-state index contributed by atoms with van der Waals surface area (Å²) in [5, 5.41) is 0. The fraction of sp³-hybridized carbons (Fsp3) is 1.00. The maximum absolute atomic E-state index is 5.35. The van der Waals surface area contributed by atoms with Crippen LogP contribution in [0.25, 0.3) is 0 Å². The molecule has 1 rings (SSSR count). The molecule has 1 aliphatic heterocycles. The monoisotopic (exact) mass is 186 g/mol. The van der Waals surface area contributed by atoms with Crippen molar-refractivity contribution in [1.82, 2.24) is 4.90 Å². The largest absolute Gasteiger partial charge is 0.379 e. The van der Waals surface area contributed by atoms with Gasteiger partial charge in [0.25, 0.3) is 0 Å². The van der Waals surface area contributed by atoms with Crippen LogP contribution in [0.2, 0.25) is 0 Å². The van der Waals surface area contributed by atoms with Crippen molar-refractivity contribution in [2.24, 2.45) is 11.7 Å². The zero-order valence-electron chi connectivity index (χ0n) is 8.67. The lowest BCUT2D eigenvalue weighted by molar-refractivity contribution is 0.0943. The maximum Gasteiger partial charge on any atom is 0.0594 e. The molecule has 0 radical (unpaired) electrons. The highest BCUT2D eigenvalue weighted by molar-refractivity contribution is 4.68. The van der Waals surface area contributed by atoms with Crippen molar-refractivity contribution in [2.75, 3.05) is 39.4 Å². The molecule has 0 amide bonds. The number of piperidine rings is 1. The van der Waals surface area contributed by atoms with E-state index in [4.69, 9.17) is 10.5 Å². The van der Waals surface area contributed by atoms with E-state index in [1.807, 2.05) is 0 Å². The van der Waals surface area contributed by atoms with E-state index in [0.29, 0.717) is 13.2 Å². The van der Waals surface area contributed by atoms with Crippen LogP contribution in [0.4, 0.5) is 0 Å². The van der Waals surface area contributed by atoms with Crippen molar-refractivity contribution in [3.63, 3.8) is 0 Å². The number of nitrogens with zero attached hydrogens (tertiary/aromatic N) is 1. The summed E-state index contributed by atoms with van der Waals surface area (Å²) >= 11 is 0. The first-order valence-electron chi connectivity index (χ1n) is 5.33. The van der Waals surface area contributed by atoms with E-state index in [2.05, 4.69) is 11.8 Å². The Labute approximate surface area is 81.2 Å². The van der Waals surface area contributed by atoms with Crippen molar-refractivity contribution in [1.29, 1.82) is 0 Å². The average molecular weight is 186 g/mol. The Hall–Kier alpha value is -0.120. The van der Waals surface area contributed by atoms with Gasteiger partial charge in [-0.1, -0.05) is 6.92 Å². The average Bonchev–Trinajstić information content (AvgIpc) is 2.15. The Morgan fingerprint density at radius 1 is 1.31 bits per heavy atom. The van der Waals surface area contributed by atoms with Crippen LogP contribution in [0.1, 0.15) is 19.8 Å². The predicted molar refractivity (Wildman–Crippen MR) is 54.7 cm³/mol. The van der Waals surface area contributed by atoms with Crippen LogP contribution in [0, 0.1) is 5.92 Å². The smallest absolute Gasteiger partial charge is 0.0594 e. The Balaban J connectivity index is 1.96. The van der Waals surface area contributed by atoms with Gasteiger partial charge in [-0.15, -0.1) is 0 Å². The van der Waals surface area contributed by atoms with Crippen LogP contribution in [0.5, 0.6) is 0 Å². The quantitative estimate of drug-likeness (QED) is 0.642. The minimum atomic E-state index is 0.636. The summed E-state index contributed by atoms with van der Waals surface area (Å²) in [5.41, 5.74) is 5.33. The molecule has 0 spiro atoms. The third-order valence-corrected chi connectivity index (χ3v) is 2.69. The first-order valence-corrected chi connectivity index (χ1v) is 5.33. The molecule has 3 heteroatoms. The zero-order valence-corrected chi connectivity index (χ0v) is 8.67. The van der Waals surface area contributed by atoms with E-state index in [1.165, 1.54) is 25.9 Å². The highest BCUT2D eigenvalue weighted by atomic mass is 16.5. The summed E-state index contributed by atoms with van der Waals surface area (Å²) in [4.78, 5) is 2.48. The predicted octanol–water partition coefficient (Wildman–Crippen LogP) is 0.694. The molecule has 0 aromatic heterocycles. The van der Waals surface area contributed by atoms with E-state index in [9.17, 15) is 0 Å². The van der Waals surface area contributed by atoms with Gasteiger partial charge in [-0.2, -0.15) is 0 Å². The maximum atomic E-state index is 5.35. The van der Waals surface area contributed by atoms with E-state index < -0.39 is 0 Å². The van der Waals surface area contributed by atoms with E-state index in [0.717, 1.165) is 19.1 Å². The van der Waals surface area contributed by atoms with Gasteiger partial charge >= 0.3 is 0 Å². The van der Waals surface area contributed by atoms with Crippen LogP contribution >= 0.6 is 0 Å². The molecule has 0 aliphatic carbocycles. The lowest BCUT2D eigenvalue weighted by Gasteiger charge is -2.29. The fourth-order valence-corrected chi connectivity index (χ4v) is 1.66. The van der Waals surface area contributed by atoms with Gasteiger partial charge in [0.05, 0.1) is 13.2 Å². The second-order valence-corrected chi connectivity index (χ2v) is 3.93. The highest BCUT2D eigenvalue weighted by Crippen LogP contribution is 2.15. The third kappa shape index (κ3) is 4.60. The molecule has 1 saturated heterocycles. The highest BCUT2D eigenvalue weighted by Gasteiger charge is 2.14. The number of hydrogen-bond donors (Lipinski definition) is 1. The molecule has 1 aliphatic rings. The van der Waals surface area contributed by atoms with Crippen molar-refractivity contribution in [3.05, 3.63) is 0 Å². The SMILES string of the molecule is CC1CCN(CCOCCN)CC1. The number of likely N-dealkylation sites (tertiary alicyclic amines) is 1. The molecule has 3 nitrogen and oxygen atoms in total. The molecular formula is C10H22N2O. The van der Waals surface area contributed by atoms with Crippen LogP contribution < -0.4 is 5.73 Å². The van der Waals surface area contributed by atoms with Crippen LogP contribution in [-0.4, -0.2) is 44.3 Å². The molecule has 1 heterocycles. The van der Waals surface area contributed by atoms with Crippen LogP contribution in [0.3, 0.4) is 0 Å². The Morgan fingerprint density at radius 3 is 2.62 bits per heavy atom. The lowest BCUT2D eigenvalue weighted by atomic mass is 9.99. The normalized spacial score (nSPS) is 20.8. The van der Waals surface area contributed by atoms with E-state index >= 15 is 0 Å². The molecule has 0 atom stereocenters. The standard InChI is InChI=1S/C10H22N2O/c1-10-2-5-12(6-3-10)7-9-13-8-4-11/h10H,2-9,11H2,1H3. The zero-order chi connectivity index (χ0) is 9.52. The molecule has 1 fully saturated rings. The summed E-state index contributed by atoms with van der Waals surface area (Å²) in [6.07, 6.45) is 2.69. The van der Waals surface area contributed by atoms with Gasteiger partial charge in [0.2, 0.25) is 0 Å². The molecule has 0 saturated carbocycles.